The number of aliphatic carboxylic acids is 1. The Kier molecular flexibility index (Phi) is 4.92. The Morgan fingerprint density at radius 3 is 3.00 bits per heavy atom. The first-order chi connectivity index (χ1) is 11.5. The molecule has 1 atom stereocenters. The van der Waals surface area contributed by atoms with Crippen LogP contribution >= 0.6 is 11.3 Å². The maximum atomic E-state index is 12.7. The summed E-state index contributed by atoms with van der Waals surface area (Å²) in [5.41, 5.74) is 2.45. The Labute approximate surface area is 143 Å². The van der Waals surface area contributed by atoms with Crippen molar-refractivity contribution in [2.24, 2.45) is 0 Å². The highest BCUT2D eigenvalue weighted by atomic mass is 32.1. The molecule has 2 heterocycles. The number of aromatic nitrogens is 1. The van der Waals surface area contributed by atoms with Crippen LogP contribution in [0.15, 0.2) is 29.6 Å². The minimum absolute atomic E-state index is 0.0950. The van der Waals surface area contributed by atoms with E-state index in [-0.39, 0.29) is 12.3 Å². The van der Waals surface area contributed by atoms with E-state index in [9.17, 15) is 9.59 Å². The van der Waals surface area contributed by atoms with Crippen molar-refractivity contribution in [1.29, 1.82) is 0 Å². The summed E-state index contributed by atoms with van der Waals surface area (Å²) in [6.07, 6.45) is -0.549. The molecule has 0 spiro atoms. The molecule has 1 aliphatic heterocycles. The topological polar surface area (TPSA) is 79.7 Å². The van der Waals surface area contributed by atoms with Gasteiger partial charge in [0.15, 0.2) is 0 Å². The van der Waals surface area contributed by atoms with Crippen LogP contribution in [0.25, 0.3) is 10.6 Å². The first-order valence-corrected chi connectivity index (χ1v) is 8.56. The van der Waals surface area contributed by atoms with Gasteiger partial charge in [-0.15, -0.1) is 11.3 Å². The molecule has 3 rings (SSSR count). The number of ether oxygens (including phenoxy) is 1. The van der Waals surface area contributed by atoms with E-state index in [0.717, 1.165) is 16.3 Å². The monoisotopic (exact) mass is 346 g/mol. The molecule has 1 aliphatic rings. The zero-order valence-corrected chi connectivity index (χ0v) is 14.1. The molecule has 1 aromatic carbocycles. The molecular formula is C17H18N2O4S. The number of hydrogen-bond donors (Lipinski definition) is 1. The van der Waals surface area contributed by atoms with Crippen LogP contribution in [0.5, 0.6) is 0 Å². The first-order valence-electron chi connectivity index (χ1n) is 7.68. The van der Waals surface area contributed by atoms with Crippen molar-refractivity contribution >= 4 is 23.2 Å². The van der Waals surface area contributed by atoms with Gasteiger partial charge in [0.2, 0.25) is 0 Å². The fourth-order valence-electron chi connectivity index (χ4n) is 2.68. The normalized spacial score (nSPS) is 17.7. The smallest absolute Gasteiger partial charge is 0.306 e. The number of morpholine rings is 1. The third-order valence-electron chi connectivity index (χ3n) is 3.80. The van der Waals surface area contributed by atoms with Gasteiger partial charge in [0, 0.05) is 35.3 Å². The van der Waals surface area contributed by atoms with Crippen LogP contribution in [0.4, 0.5) is 0 Å². The van der Waals surface area contributed by atoms with Crippen molar-refractivity contribution in [2.45, 2.75) is 19.4 Å². The number of thiazole rings is 1. The van der Waals surface area contributed by atoms with Crippen molar-refractivity contribution in [1.82, 2.24) is 9.88 Å². The zero-order valence-electron chi connectivity index (χ0n) is 13.3. The number of carbonyl (C=O) groups excluding carboxylic acids is 1. The average Bonchev–Trinajstić information content (AvgIpc) is 3.00. The molecule has 0 saturated carbocycles. The first kappa shape index (κ1) is 16.6. The van der Waals surface area contributed by atoms with Crippen molar-refractivity contribution in [3.05, 3.63) is 40.9 Å². The number of carboxylic acids is 1. The molecule has 126 valence electrons. The predicted molar refractivity (Wildman–Crippen MR) is 90.2 cm³/mol. The second kappa shape index (κ2) is 7.11. The molecular weight excluding hydrogens is 328 g/mol. The molecule has 7 heteroatoms. The van der Waals surface area contributed by atoms with E-state index < -0.39 is 12.1 Å². The van der Waals surface area contributed by atoms with E-state index in [0.29, 0.717) is 25.3 Å². The third-order valence-corrected chi connectivity index (χ3v) is 4.81. The second-order valence-corrected chi connectivity index (χ2v) is 6.57. The Morgan fingerprint density at radius 1 is 1.46 bits per heavy atom. The van der Waals surface area contributed by atoms with Crippen LogP contribution in [0.1, 0.15) is 22.5 Å². The highest BCUT2D eigenvalue weighted by Gasteiger charge is 2.26. The Bertz CT molecular complexity index is 759. The maximum Gasteiger partial charge on any atom is 0.306 e. The van der Waals surface area contributed by atoms with Crippen LogP contribution in [0, 0.1) is 6.92 Å². The summed E-state index contributed by atoms with van der Waals surface area (Å²) in [5.74, 6) is -1.03. The van der Waals surface area contributed by atoms with E-state index in [4.69, 9.17) is 9.84 Å². The predicted octanol–water partition coefficient (Wildman–Crippen LogP) is 2.43. The SMILES string of the molecule is Cc1csc(-c2cccc(C(=O)N3CCO[C@@H](CC(=O)O)C3)c2)n1. The van der Waals surface area contributed by atoms with Gasteiger partial charge in [-0.3, -0.25) is 9.59 Å². The van der Waals surface area contributed by atoms with Crippen LogP contribution in [-0.2, 0) is 9.53 Å². The van der Waals surface area contributed by atoms with E-state index in [2.05, 4.69) is 4.98 Å². The highest BCUT2D eigenvalue weighted by Crippen LogP contribution is 2.25. The quantitative estimate of drug-likeness (QED) is 0.920. The van der Waals surface area contributed by atoms with Gasteiger partial charge in [0.1, 0.15) is 5.01 Å². The summed E-state index contributed by atoms with van der Waals surface area (Å²) in [6.45, 7) is 3.06. The summed E-state index contributed by atoms with van der Waals surface area (Å²) in [6, 6.07) is 7.38. The molecule has 24 heavy (non-hydrogen) atoms. The highest BCUT2D eigenvalue weighted by molar-refractivity contribution is 7.13. The number of aryl methyl sites for hydroxylation is 1. The van der Waals surface area contributed by atoms with Gasteiger partial charge >= 0.3 is 5.97 Å². The van der Waals surface area contributed by atoms with Crippen molar-refractivity contribution in [2.75, 3.05) is 19.7 Å². The molecule has 0 bridgehead atoms. The van der Waals surface area contributed by atoms with Gasteiger partial charge in [-0.1, -0.05) is 12.1 Å². The van der Waals surface area contributed by atoms with Crippen molar-refractivity contribution < 1.29 is 19.4 Å². The standard InChI is InChI=1S/C17H18N2O4S/c1-11-10-24-16(18-11)12-3-2-4-13(7-12)17(22)19-5-6-23-14(9-19)8-15(20)21/h2-4,7,10,14H,5-6,8-9H2,1H3,(H,20,21)/t14-/m0/s1. The van der Waals surface area contributed by atoms with E-state index in [1.807, 2.05) is 30.5 Å². The summed E-state index contributed by atoms with van der Waals surface area (Å²) in [7, 11) is 0. The van der Waals surface area contributed by atoms with Gasteiger partial charge < -0.3 is 14.7 Å². The average molecular weight is 346 g/mol. The lowest BCUT2D eigenvalue weighted by atomic mass is 10.1. The molecule has 1 N–H and O–H groups in total. The Balaban J connectivity index is 1.76. The molecule has 0 radical (unpaired) electrons. The number of benzene rings is 1. The van der Waals surface area contributed by atoms with Gasteiger partial charge in [0.05, 0.1) is 19.1 Å². The van der Waals surface area contributed by atoms with Crippen LogP contribution in [-0.4, -0.2) is 52.7 Å². The van der Waals surface area contributed by atoms with Gasteiger partial charge in [-0.25, -0.2) is 4.98 Å². The molecule has 1 aromatic heterocycles. The van der Waals surface area contributed by atoms with Crippen molar-refractivity contribution in [3.63, 3.8) is 0 Å². The fourth-order valence-corrected chi connectivity index (χ4v) is 3.47. The fraction of sp³-hybridized carbons (Fsp3) is 0.353. The second-order valence-electron chi connectivity index (χ2n) is 5.72. The maximum absolute atomic E-state index is 12.7. The lowest BCUT2D eigenvalue weighted by Gasteiger charge is -2.32. The number of hydrogen-bond acceptors (Lipinski definition) is 5. The summed E-state index contributed by atoms with van der Waals surface area (Å²) < 4.78 is 5.42. The Hall–Kier alpha value is -2.25. The lowest BCUT2D eigenvalue weighted by molar-refractivity contribution is -0.141. The molecule has 2 aromatic rings. The van der Waals surface area contributed by atoms with Crippen LogP contribution in [0.2, 0.25) is 0 Å². The number of rotatable bonds is 4. The molecule has 1 saturated heterocycles. The number of amides is 1. The molecule has 0 aliphatic carbocycles. The third kappa shape index (κ3) is 3.80. The van der Waals surface area contributed by atoms with Crippen molar-refractivity contribution in [3.8, 4) is 10.6 Å². The Morgan fingerprint density at radius 2 is 2.29 bits per heavy atom. The molecule has 1 fully saturated rings. The van der Waals surface area contributed by atoms with Crippen LogP contribution < -0.4 is 0 Å². The van der Waals surface area contributed by atoms with Gasteiger partial charge in [-0.2, -0.15) is 0 Å². The van der Waals surface area contributed by atoms with E-state index in [1.165, 1.54) is 0 Å². The molecule has 6 nitrogen and oxygen atoms in total. The summed E-state index contributed by atoms with van der Waals surface area (Å²) in [4.78, 5) is 29.7. The zero-order chi connectivity index (χ0) is 17.1. The van der Waals surface area contributed by atoms with E-state index >= 15 is 0 Å². The van der Waals surface area contributed by atoms with E-state index in [1.54, 1.807) is 22.3 Å². The summed E-state index contributed by atoms with van der Waals surface area (Å²) in [5, 5.41) is 11.7. The van der Waals surface area contributed by atoms with Crippen LogP contribution in [0.3, 0.4) is 0 Å². The van der Waals surface area contributed by atoms with Gasteiger partial charge in [0.25, 0.3) is 5.91 Å². The lowest BCUT2D eigenvalue weighted by Crippen LogP contribution is -2.46. The number of carboxylic acid groups (broad SMARTS) is 1. The van der Waals surface area contributed by atoms with Gasteiger partial charge in [-0.05, 0) is 19.1 Å². The number of carbonyl (C=O) groups is 2. The minimum atomic E-state index is -0.921. The largest absolute Gasteiger partial charge is 0.481 e. The minimum Gasteiger partial charge on any atom is -0.481 e. The summed E-state index contributed by atoms with van der Waals surface area (Å²) >= 11 is 1.54. The molecule has 1 amide bonds. The number of nitrogens with zero attached hydrogens (tertiary/aromatic N) is 2. The molecule has 0 unspecified atom stereocenters.